The maximum Gasteiger partial charge on any atom is 0.191 e. The molecule has 0 unspecified atom stereocenters. The smallest absolute Gasteiger partial charge is 0.191 e. The van der Waals surface area contributed by atoms with Crippen LogP contribution in [-0.2, 0) is 6.54 Å². The number of unbranched alkanes of at least 4 members (excludes halogenated alkanes) is 1. The molecule has 0 amide bonds. The Morgan fingerprint density at radius 2 is 1.92 bits per heavy atom. The maximum atomic E-state index is 4.63. The SMILES string of the molecule is CCNC(=NCc1ncc(C)s1)NCCCCN1CCN(CC)CC1. The number of likely N-dealkylation sites (N-methyl/N-ethyl adjacent to an activating group) is 1. The Kier molecular flexibility index (Phi) is 9.21. The first kappa shape index (κ1) is 20.1. The van der Waals surface area contributed by atoms with Crippen LogP contribution in [0.1, 0.15) is 36.6 Å². The molecule has 0 bridgehead atoms. The molecule has 2 rings (SSSR count). The molecule has 0 radical (unpaired) electrons. The molecule has 25 heavy (non-hydrogen) atoms. The van der Waals surface area contributed by atoms with Crippen LogP contribution >= 0.6 is 11.3 Å². The van der Waals surface area contributed by atoms with Crippen molar-refractivity contribution in [2.24, 2.45) is 4.99 Å². The number of aliphatic imine (C=N–C) groups is 1. The van der Waals surface area contributed by atoms with E-state index in [-0.39, 0.29) is 0 Å². The number of aromatic nitrogens is 1. The van der Waals surface area contributed by atoms with E-state index in [0.717, 1.165) is 24.1 Å². The molecule has 7 heteroatoms. The fourth-order valence-corrected chi connectivity index (χ4v) is 3.67. The minimum Gasteiger partial charge on any atom is -0.357 e. The summed E-state index contributed by atoms with van der Waals surface area (Å²) in [5.41, 5.74) is 0. The van der Waals surface area contributed by atoms with Gasteiger partial charge >= 0.3 is 0 Å². The number of hydrogen-bond acceptors (Lipinski definition) is 5. The van der Waals surface area contributed by atoms with Crippen molar-refractivity contribution in [1.29, 1.82) is 0 Å². The van der Waals surface area contributed by atoms with Crippen LogP contribution in [0.3, 0.4) is 0 Å². The molecule has 0 aromatic carbocycles. The lowest BCUT2D eigenvalue weighted by atomic mass is 10.2. The van der Waals surface area contributed by atoms with Gasteiger partial charge in [0.2, 0.25) is 0 Å². The van der Waals surface area contributed by atoms with Gasteiger partial charge in [-0.05, 0) is 39.8 Å². The van der Waals surface area contributed by atoms with Crippen molar-refractivity contribution in [1.82, 2.24) is 25.4 Å². The molecule has 1 fully saturated rings. The number of nitrogens with one attached hydrogen (secondary N) is 2. The number of rotatable bonds is 9. The normalized spacial score (nSPS) is 17.0. The minimum absolute atomic E-state index is 0.648. The van der Waals surface area contributed by atoms with Crippen LogP contribution in [0.5, 0.6) is 0 Å². The van der Waals surface area contributed by atoms with E-state index in [1.165, 1.54) is 57.0 Å². The summed E-state index contributed by atoms with van der Waals surface area (Å²) in [6, 6.07) is 0. The van der Waals surface area contributed by atoms with E-state index in [9.17, 15) is 0 Å². The summed E-state index contributed by atoms with van der Waals surface area (Å²) in [4.78, 5) is 15.4. The molecule has 0 atom stereocenters. The summed E-state index contributed by atoms with van der Waals surface area (Å²) in [6.07, 6.45) is 4.33. The van der Waals surface area contributed by atoms with Crippen molar-refractivity contribution in [2.75, 3.05) is 52.4 Å². The number of nitrogens with zero attached hydrogens (tertiary/aromatic N) is 4. The summed E-state index contributed by atoms with van der Waals surface area (Å²) in [5, 5.41) is 7.82. The second-order valence-electron chi connectivity index (χ2n) is 6.47. The molecule has 6 nitrogen and oxygen atoms in total. The standard InChI is InChI=1S/C18H34N6S/c1-4-19-18(22-15-17-21-14-16(3)25-17)20-8-6-7-9-24-12-10-23(5-2)11-13-24/h14H,4-13,15H2,1-3H3,(H2,19,20,22). The Morgan fingerprint density at radius 1 is 1.16 bits per heavy atom. The zero-order chi connectivity index (χ0) is 17.9. The van der Waals surface area contributed by atoms with Crippen molar-refractivity contribution in [3.63, 3.8) is 0 Å². The van der Waals surface area contributed by atoms with Gasteiger partial charge in [0.1, 0.15) is 5.01 Å². The Morgan fingerprint density at radius 3 is 2.56 bits per heavy atom. The molecule has 0 spiro atoms. The minimum atomic E-state index is 0.648. The lowest BCUT2D eigenvalue weighted by Gasteiger charge is -2.34. The van der Waals surface area contributed by atoms with E-state index in [1.807, 2.05) is 6.20 Å². The van der Waals surface area contributed by atoms with Gasteiger partial charge in [-0.1, -0.05) is 6.92 Å². The predicted octanol–water partition coefficient (Wildman–Crippen LogP) is 1.92. The van der Waals surface area contributed by atoms with Gasteiger partial charge in [0.05, 0.1) is 6.54 Å². The highest BCUT2D eigenvalue weighted by molar-refractivity contribution is 7.11. The van der Waals surface area contributed by atoms with Crippen LogP contribution in [0.4, 0.5) is 0 Å². The summed E-state index contributed by atoms with van der Waals surface area (Å²) < 4.78 is 0. The molecule has 1 aromatic heterocycles. The van der Waals surface area contributed by atoms with Gasteiger partial charge in [0.25, 0.3) is 0 Å². The van der Waals surface area contributed by atoms with Crippen LogP contribution < -0.4 is 10.6 Å². The third kappa shape index (κ3) is 7.71. The third-order valence-electron chi connectivity index (χ3n) is 4.49. The fourth-order valence-electron chi connectivity index (χ4n) is 2.96. The van der Waals surface area contributed by atoms with Gasteiger partial charge < -0.3 is 20.4 Å². The lowest BCUT2D eigenvalue weighted by molar-refractivity contribution is 0.136. The van der Waals surface area contributed by atoms with Gasteiger partial charge in [0.15, 0.2) is 5.96 Å². The highest BCUT2D eigenvalue weighted by atomic mass is 32.1. The first-order valence-corrected chi connectivity index (χ1v) is 10.4. The zero-order valence-corrected chi connectivity index (χ0v) is 16.9. The van der Waals surface area contributed by atoms with Gasteiger partial charge in [0, 0.05) is 50.3 Å². The van der Waals surface area contributed by atoms with E-state index in [1.54, 1.807) is 11.3 Å². The maximum absolute atomic E-state index is 4.63. The van der Waals surface area contributed by atoms with Crippen molar-refractivity contribution in [3.05, 3.63) is 16.1 Å². The molecule has 142 valence electrons. The average molecular weight is 367 g/mol. The van der Waals surface area contributed by atoms with E-state index in [4.69, 9.17) is 0 Å². The topological polar surface area (TPSA) is 55.8 Å². The second-order valence-corrected chi connectivity index (χ2v) is 7.79. The van der Waals surface area contributed by atoms with Crippen LogP contribution in [0.15, 0.2) is 11.2 Å². The van der Waals surface area contributed by atoms with Crippen LogP contribution in [0.2, 0.25) is 0 Å². The van der Waals surface area contributed by atoms with Gasteiger partial charge in [-0.15, -0.1) is 11.3 Å². The molecule has 1 aliphatic heterocycles. The molecule has 1 aliphatic rings. The van der Waals surface area contributed by atoms with E-state index in [0.29, 0.717) is 6.54 Å². The highest BCUT2D eigenvalue weighted by Gasteiger charge is 2.14. The fraction of sp³-hybridized carbons (Fsp3) is 0.778. The molecular weight excluding hydrogens is 332 g/mol. The molecule has 0 aliphatic carbocycles. The van der Waals surface area contributed by atoms with Crippen LogP contribution in [-0.4, -0.2) is 73.1 Å². The van der Waals surface area contributed by atoms with Gasteiger partial charge in [-0.2, -0.15) is 0 Å². The van der Waals surface area contributed by atoms with Crippen molar-refractivity contribution in [3.8, 4) is 0 Å². The Hall–Kier alpha value is -1.18. The largest absolute Gasteiger partial charge is 0.357 e. The number of aryl methyl sites for hydroxylation is 1. The molecule has 1 aromatic rings. The molecule has 0 saturated carbocycles. The number of thiazole rings is 1. The Bertz CT molecular complexity index is 507. The number of piperazine rings is 1. The number of guanidine groups is 1. The quantitative estimate of drug-likeness (QED) is 0.397. The van der Waals surface area contributed by atoms with Crippen molar-refractivity contribution < 1.29 is 0 Å². The Labute approximate surface area is 156 Å². The molecule has 2 heterocycles. The van der Waals surface area contributed by atoms with Crippen molar-refractivity contribution >= 4 is 17.3 Å². The molecular formula is C18H34N6S. The van der Waals surface area contributed by atoms with Gasteiger partial charge in [-0.3, -0.25) is 0 Å². The highest BCUT2D eigenvalue weighted by Crippen LogP contribution is 2.11. The monoisotopic (exact) mass is 366 g/mol. The summed E-state index contributed by atoms with van der Waals surface area (Å²) in [5.74, 6) is 0.895. The molecule has 1 saturated heterocycles. The third-order valence-corrected chi connectivity index (χ3v) is 5.39. The van der Waals surface area contributed by atoms with E-state index >= 15 is 0 Å². The van der Waals surface area contributed by atoms with E-state index in [2.05, 4.69) is 51.2 Å². The summed E-state index contributed by atoms with van der Waals surface area (Å²) >= 11 is 1.71. The Balaban J connectivity index is 1.60. The van der Waals surface area contributed by atoms with Crippen molar-refractivity contribution in [2.45, 2.75) is 40.2 Å². The zero-order valence-electron chi connectivity index (χ0n) is 16.1. The van der Waals surface area contributed by atoms with Crippen LogP contribution in [0.25, 0.3) is 0 Å². The molecule has 2 N–H and O–H groups in total. The average Bonchev–Trinajstić information content (AvgIpc) is 3.05. The van der Waals surface area contributed by atoms with Crippen LogP contribution in [0, 0.1) is 6.92 Å². The second kappa shape index (κ2) is 11.4. The number of hydrogen-bond donors (Lipinski definition) is 2. The van der Waals surface area contributed by atoms with E-state index < -0.39 is 0 Å². The first-order valence-electron chi connectivity index (χ1n) is 9.59. The lowest BCUT2D eigenvalue weighted by Crippen LogP contribution is -2.46. The summed E-state index contributed by atoms with van der Waals surface area (Å²) in [6.45, 7) is 16.2. The predicted molar refractivity (Wildman–Crippen MR) is 107 cm³/mol. The van der Waals surface area contributed by atoms with Gasteiger partial charge in [-0.25, -0.2) is 9.98 Å². The summed E-state index contributed by atoms with van der Waals surface area (Å²) in [7, 11) is 0. The first-order chi connectivity index (χ1) is 12.2.